The summed E-state index contributed by atoms with van der Waals surface area (Å²) in [7, 11) is 1.53. The van der Waals surface area contributed by atoms with E-state index in [2.05, 4.69) is 15.6 Å². The van der Waals surface area contributed by atoms with E-state index in [4.69, 9.17) is 16.3 Å². The summed E-state index contributed by atoms with van der Waals surface area (Å²) >= 11 is 6.32. The summed E-state index contributed by atoms with van der Waals surface area (Å²) < 4.78 is 4.98. The third kappa shape index (κ3) is 4.52. The first-order chi connectivity index (χ1) is 12.7. The second kappa shape index (κ2) is 8.36. The summed E-state index contributed by atoms with van der Waals surface area (Å²) in [5.74, 6) is 0.194. The van der Waals surface area contributed by atoms with Crippen molar-refractivity contribution in [1.29, 1.82) is 0 Å². The fourth-order valence-electron chi connectivity index (χ4n) is 2.37. The number of amides is 1. The summed E-state index contributed by atoms with van der Waals surface area (Å²) in [6, 6.07) is 18.7. The summed E-state index contributed by atoms with van der Waals surface area (Å²) in [6.07, 6.45) is 1.46. The largest absolute Gasteiger partial charge is 0.481 e. The number of anilines is 2. The highest BCUT2D eigenvalue weighted by atomic mass is 35.5. The maximum Gasteiger partial charge on any atom is 0.257 e. The molecule has 1 aromatic heterocycles. The Morgan fingerprint density at radius 1 is 1.12 bits per heavy atom. The first kappa shape index (κ1) is 17.8. The summed E-state index contributed by atoms with van der Waals surface area (Å²) in [4.78, 5) is 16.3. The highest BCUT2D eigenvalue weighted by Crippen LogP contribution is 2.26. The molecule has 0 radical (unpaired) electrons. The number of hydrogen-bond donors (Lipinski definition) is 2. The number of benzene rings is 2. The standard InChI is InChI=1S/C20H18ClN3O2/c1-26-19-10-7-15(13-23-19)20(25)24-16-8-9-18(17(21)11-16)22-12-14-5-3-2-4-6-14/h2-11,13,22H,12H2,1H3,(H,24,25). The molecule has 0 bridgehead atoms. The molecule has 1 amide bonds. The van der Waals surface area contributed by atoms with Crippen LogP contribution in [0.4, 0.5) is 11.4 Å². The average molecular weight is 368 g/mol. The van der Waals surface area contributed by atoms with Crippen molar-refractivity contribution < 1.29 is 9.53 Å². The lowest BCUT2D eigenvalue weighted by molar-refractivity contribution is 0.102. The number of methoxy groups -OCH3 is 1. The van der Waals surface area contributed by atoms with Gasteiger partial charge in [0.25, 0.3) is 5.91 Å². The van der Waals surface area contributed by atoms with E-state index in [0.717, 1.165) is 11.3 Å². The van der Waals surface area contributed by atoms with Crippen molar-refractivity contribution >= 4 is 28.9 Å². The van der Waals surface area contributed by atoms with Gasteiger partial charge in [0, 0.05) is 24.5 Å². The molecule has 2 N–H and O–H groups in total. The SMILES string of the molecule is COc1ccc(C(=O)Nc2ccc(NCc3ccccc3)c(Cl)c2)cn1. The number of nitrogens with one attached hydrogen (secondary N) is 2. The van der Waals surface area contributed by atoms with Crippen LogP contribution < -0.4 is 15.4 Å². The number of nitrogens with zero attached hydrogens (tertiary/aromatic N) is 1. The summed E-state index contributed by atoms with van der Waals surface area (Å²) in [5.41, 5.74) is 3.02. The molecule has 2 aromatic carbocycles. The maximum absolute atomic E-state index is 12.3. The molecule has 6 heteroatoms. The fourth-order valence-corrected chi connectivity index (χ4v) is 2.62. The molecule has 0 spiro atoms. The molecule has 0 aliphatic heterocycles. The van der Waals surface area contributed by atoms with Crippen molar-refractivity contribution in [3.05, 3.63) is 83.0 Å². The number of carbonyl (C=O) groups excluding carboxylic acids is 1. The van der Waals surface area contributed by atoms with Gasteiger partial charge in [-0.2, -0.15) is 0 Å². The Labute approximate surface area is 157 Å². The molecule has 26 heavy (non-hydrogen) atoms. The van der Waals surface area contributed by atoms with Crippen LogP contribution in [0.25, 0.3) is 0 Å². The molecule has 5 nitrogen and oxygen atoms in total. The lowest BCUT2D eigenvalue weighted by Crippen LogP contribution is -2.12. The Kier molecular flexibility index (Phi) is 5.71. The first-order valence-corrected chi connectivity index (χ1v) is 8.42. The van der Waals surface area contributed by atoms with Gasteiger partial charge in [-0.15, -0.1) is 0 Å². The van der Waals surface area contributed by atoms with Crippen LogP contribution >= 0.6 is 11.6 Å². The van der Waals surface area contributed by atoms with Gasteiger partial charge in [0.15, 0.2) is 0 Å². The molecular formula is C20H18ClN3O2. The van der Waals surface area contributed by atoms with Crippen LogP contribution in [0.15, 0.2) is 66.9 Å². The monoisotopic (exact) mass is 367 g/mol. The number of pyridine rings is 1. The van der Waals surface area contributed by atoms with Gasteiger partial charge in [-0.3, -0.25) is 4.79 Å². The van der Waals surface area contributed by atoms with E-state index in [9.17, 15) is 4.79 Å². The minimum Gasteiger partial charge on any atom is -0.481 e. The van der Waals surface area contributed by atoms with Gasteiger partial charge < -0.3 is 15.4 Å². The predicted octanol–water partition coefficient (Wildman–Crippen LogP) is 4.61. The Hall–Kier alpha value is -3.05. The van der Waals surface area contributed by atoms with Crippen molar-refractivity contribution in [2.45, 2.75) is 6.54 Å². The number of carbonyl (C=O) groups is 1. The van der Waals surface area contributed by atoms with E-state index in [1.165, 1.54) is 13.3 Å². The van der Waals surface area contributed by atoms with Crippen molar-refractivity contribution in [2.75, 3.05) is 17.7 Å². The number of halogens is 1. The van der Waals surface area contributed by atoms with Crippen LogP contribution in [-0.2, 0) is 6.54 Å². The van der Waals surface area contributed by atoms with Gasteiger partial charge in [0.1, 0.15) is 0 Å². The van der Waals surface area contributed by atoms with Crippen LogP contribution in [0.5, 0.6) is 5.88 Å². The van der Waals surface area contributed by atoms with E-state index >= 15 is 0 Å². The van der Waals surface area contributed by atoms with Crippen LogP contribution in [0.2, 0.25) is 5.02 Å². The molecule has 1 heterocycles. The molecule has 0 atom stereocenters. The van der Waals surface area contributed by atoms with E-state index in [1.54, 1.807) is 24.3 Å². The fraction of sp³-hybridized carbons (Fsp3) is 0.100. The van der Waals surface area contributed by atoms with Crippen molar-refractivity contribution in [3.8, 4) is 5.88 Å². The van der Waals surface area contributed by atoms with Gasteiger partial charge in [0.2, 0.25) is 5.88 Å². The second-order valence-electron chi connectivity index (χ2n) is 5.58. The predicted molar refractivity (Wildman–Crippen MR) is 104 cm³/mol. The minimum atomic E-state index is -0.263. The summed E-state index contributed by atoms with van der Waals surface area (Å²) in [5, 5.41) is 6.62. The quantitative estimate of drug-likeness (QED) is 0.668. The Morgan fingerprint density at radius 2 is 1.92 bits per heavy atom. The highest BCUT2D eigenvalue weighted by Gasteiger charge is 2.09. The Bertz CT molecular complexity index is 883. The first-order valence-electron chi connectivity index (χ1n) is 8.04. The highest BCUT2D eigenvalue weighted by molar-refractivity contribution is 6.33. The van der Waals surface area contributed by atoms with Gasteiger partial charge in [-0.05, 0) is 29.8 Å². The minimum absolute atomic E-state index is 0.263. The summed E-state index contributed by atoms with van der Waals surface area (Å²) in [6.45, 7) is 0.670. The van der Waals surface area contributed by atoms with Gasteiger partial charge in [0.05, 0.1) is 23.4 Å². The molecule has 0 fully saturated rings. The molecule has 0 aliphatic carbocycles. The number of ether oxygens (including phenoxy) is 1. The van der Waals surface area contributed by atoms with Crippen LogP contribution in [0.3, 0.4) is 0 Å². The zero-order chi connectivity index (χ0) is 18.4. The normalized spacial score (nSPS) is 10.2. The smallest absolute Gasteiger partial charge is 0.257 e. The van der Waals surface area contributed by atoms with Crippen molar-refractivity contribution in [1.82, 2.24) is 4.98 Å². The number of hydrogen-bond acceptors (Lipinski definition) is 4. The zero-order valence-corrected chi connectivity index (χ0v) is 15.0. The van der Waals surface area contributed by atoms with Crippen LogP contribution in [-0.4, -0.2) is 18.0 Å². The van der Waals surface area contributed by atoms with Gasteiger partial charge in [-0.25, -0.2) is 4.98 Å². The number of rotatable bonds is 6. The Morgan fingerprint density at radius 3 is 2.58 bits per heavy atom. The van der Waals surface area contributed by atoms with Crippen LogP contribution in [0.1, 0.15) is 15.9 Å². The lowest BCUT2D eigenvalue weighted by atomic mass is 10.2. The maximum atomic E-state index is 12.3. The van der Waals surface area contributed by atoms with E-state index in [-0.39, 0.29) is 5.91 Å². The molecule has 0 aliphatic rings. The molecular weight excluding hydrogens is 350 g/mol. The van der Waals surface area contributed by atoms with Crippen LogP contribution in [0, 0.1) is 0 Å². The van der Waals surface area contributed by atoms with Crippen molar-refractivity contribution in [3.63, 3.8) is 0 Å². The van der Waals surface area contributed by atoms with E-state index in [1.807, 2.05) is 36.4 Å². The molecule has 0 saturated heterocycles. The third-order valence-electron chi connectivity index (χ3n) is 3.76. The molecule has 0 unspecified atom stereocenters. The Balaban J connectivity index is 1.64. The van der Waals surface area contributed by atoms with Crippen molar-refractivity contribution in [2.24, 2.45) is 0 Å². The third-order valence-corrected chi connectivity index (χ3v) is 4.07. The average Bonchev–Trinajstić information content (AvgIpc) is 2.68. The molecule has 3 aromatic rings. The van der Waals surface area contributed by atoms with E-state index in [0.29, 0.717) is 28.7 Å². The van der Waals surface area contributed by atoms with Gasteiger partial charge in [-0.1, -0.05) is 41.9 Å². The van der Waals surface area contributed by atoms with E-state index < -0.39 is 0 Å². The molecule has 0 saturated carbocycles. The zero-order valence-electron chi connectivity index (χ0n) is 14.2. The topological polar surface area (TPSA) is 63.2 Å². The second-order valence-corrected chi connectivity index (χ2v) is 5.98. The molecule has 3 rings (SSSR count). The molecule has 132 valence electrons. The van der Waals surface area contributed by atoms with Gasteiger partial charge >= 0.3 is 0 Å². The lowest BCUT2D eigenvalue weighted by Gasteiger charge is -2.11. The number of aromatic nitrogens is 1.